The van der Waals surface area contributed by atoms with Crippen LogP contribution in [0.3, 0.4) is 0 Å². The average molecular weight is 263 g/mol. The molecule has 1 amide bonds. The van der Waals surface area contributed by atoms with E-state index in [-0.39, 0.29) is 11.8 Å². The predicted octanol–water partition coefficient (Wildman–Crippen LogP) is 1.17. The van der Waals surface area contributed by atoms with Gasteiger partial charge in [0, 0.05) is 13.7 Å². The lowest BCUT2D eigenvalue weighted by Gasteiger charge is -2.06. The molecule has 1 aliphatic carbocycles. The number of methoxy groups -OCH3 is 1. The fraction of sp³-hybridized carbons (Fsp3) is 0.429. The van der Waals surface area contributed by atoms with Crippen LogP contribution < -0.4 is 5.32 Å². The molecule has 1 aromatic carbocycles. The molecule has 1 aliphatic rings. The van der Waals surface area contributed by atoms with Gasteiger partial charge >= 0.3 is 5.97 Å². The van der Waals surface area contributed by atoms with Crippen molar-refractivity contribution in [2.75, 3.05) is 7.11 Å². The number of ether oxygens (including phenoxy) is 1. The number of nitrogens with one attached hydrogen (secondary N) is 1. The van der Waals surface area contributed by atoms with Gasteiger partial charge in [-0.3, -0.25) is 9.59 Å². The number of hydrogen-bond donors (Lipinski definition) is 2. The van der Waals surface area contributed by atoms with Crippen molar-refractivity contribution in [1.29, 1.82) is 0 Å². The molecule has 0 aliphatic heterocycles. The Labute approximate surface area is 111 Å². The van der Waals surface area contributed by atoms with E-state index in [0.29, 0.717) is 19.6 Å². The second-order valence-corrected chi connectivity index (χ2v) is 4.75. The van der Waals surface area contributed by atoms with Crippen LogP contribution in [-0.4, -0.2) is 24.1 Å². The Morgan fingerprint density at radius 3 is 2.42 bits per heavy atom. The molecule has 0 bridgehead atoms. The summed E-state index contributed by atoms with van der Waals surface area (Å²) >= 11 is 0. The molecule has 1 aromatic rings. The van der Waals surface area contributed by atoms with Crippen LogP contribution in [0.2, 0.25) is 0 Å². The Hall–Kier alpha value is -1.88. The van der Waals surface area contributed by atoms with Gasteiger partial charge in [0.25, 0.3) is 0 Å². The molecular weight excluding hydrogens is 246 g/mol. The maximum absolute atomic E-state index is 11.7. The van der Waals surface area contributed by atoms with Gasteiger partial charge in [0.05, 0.1) is 18.4 Å². The van der Waals surface area contributed by atoms with Crippen molar-refractivity contribution in [2.24, 2.45) is 11.8 Å². The van der Waals surface area contributed by atoms with Gasteiger partial charge in [-0.2, -0.15) is 0 Å². The van der Waals surface area contributed by atoms with Gasteiger partial charge in [-0.1, -0.05) is 24.3 Å². The first-order valence-corrected chi connectivity index (χ1v) is 6.19. The van der Waals surface area contributed by atoms with Gasteiger partial charge in [-0.05, 0) is 17.5 Å². The molecule has 0 heterocycles. The van der Waals surface area contributed by atoms with Crippen molar-refractivity contribution >= 4 is 11.9 Å². The lowest BCUT2D eigenvalue weighted by atomic mass is 10.1. The standard InChI is InChI=1S/C14H17NO4/c1-19-8-10-4-2-9(3-5-10)7-15-13(16)11-6-12(11)14(17)18/h2-5,11-12H,6-8H2,1H3,(H,15,16)(H,17,18)/t11-,12-/m0/s1. The fourth-order valence-corrected chi connectivity index (χ4v) is 2.00. The number of rotatable bonds is 6. The number of carbonyl (C=O) groups excluding carboxylic acids is 1. The Morgan fingerprint density at radius 2 is 1.89 bits per heavy atom. The van der Waals surface area contributed by atoms with Crippen LogP contribution in [0.25, 0.3) is 0 Å². The summed E-state index contributed by atoms with van der Waals surface area (Å²) in [5.74, 6) is -1.91. The first-order valence-electron chi connectivity index (χ1n) is 6.19. The Kier molecular flexibility index (Phi) is 4.16. The molecule has 5 nitrogen and oxygen atoms in total. The number of benzene rings is 1. The van der Waals surface area contributed by atoms with E-state index in [1.165, 1.54) is 0 Å². The number of carboxylic acid groups (broad SMARTS) is 1. The number of aliphatic carboxylic acids is 1. The molecule has 5 heteroatoms. The van der Waals surface area contributed by atoms with Crippen LogP contribution in [0.4, 0.5) is 0 Å². The third kappa shape index (κ3) is 3.54. The summed E-state index contributed by atoms with van der Waals surface area (Å²) in [7, 11) is 1.64. The topological polar surface area (TPSA) is 75.6 Å². The SMILES string of the molecule is COCc1ccc(CNC(=O)[C@H]2C[C@@H]2C(=O)O)cc1. The van der Waals surface area contributed by atoms with E-state index in [9.17, 15) is 9.59 Å². The first-order chi connectivity index (χ1) is 9.11. The molecular formula is C14H17NO4. The highest BCUT2D eigenvalue weighted by Crippen LogP contribution is 2.38. The number of carbonyl (C=O) groups is 2. The molecule has 19 heavy (non-hydrogen) atoms. The van der Waals surface area contributed by atoms with E-state index in [1.807, 2.05) is 24.3 Å². The molecule has 2 N–H and O–H groups in total. The smallest absolute Gasteiger partial charge is 0.307 e. The van der Waals surface area contributed by atoms with Gasteiger partial charge in [0.15, 0.2) is 0 Å². The maximum Gasteiger partial charge on any atom is 0.307 e. The van der Waals surface area contributed by atoms with Crippen molar-refractivity contribution in [1.82, 2.24) is 5.32 Å². The summed E-state index contributed by atoms with van der Waals surface area (Å²) in [6.07, 6.45) is 0.452. The van der Waals surface area contributed by atoms with Crippen molar-refractivity contribution in [3.05, 3.63) is 35.4 Å². The average Bonchev–Trinajstić information content (AvgIpc) is 3.18. The zero-order valence-corrected chi connectivity index (χ0v) is 10.8. The molecule has 2 rings (SSSR count). The zero-order chi connectivity index (χ0) is 13.8. The second kappa shape index (κ2) is 5.84. The number of amides is 1. The summed E-state index contributed by atoms with van der Waals surface area (Å²) in [6.45, 7) is 0.990. The summed E-state index contributed by atoms with van der Waals surface area (Å²) < 4.78 is 5.01. The summed E-state index contributed by atoms with van der Waals surface area (Å²) in [5, 5.41) is 11.5. The normalized spacial score (nSPS) is 20.9. The van der Waals surface area contributed by atoms with Crippen LogP contribution in [0.15, 0.2) is 24.3 Å². The second-order valence-electron chi connectivity index (χ2n) is 4.75. The minimum absolute atomic E-state index is 0.173. The molecule has 0 radical (unpaired) electrons. The van der Waals surface area contributed by atoms with Crippen LogP contribution >= 0.6 is 0 Å². The highest BCUT2D eigenvalue weighted by atomic mass is 16.5. The monoisotopic (exact) mass is 263 g/mol. The van der Waals surface area contributed by atoms with E-state index < -0.39 is 11.9 Å². The summed E-state index contributed by atoms with van der Waals surface area (Å²) in [5.41, 5.74) is 2.06. The van der Waals surface area contributed by atoms with Crippen LogP contribution in [-0.2, 0) is 27.5 Å². The molecule has 2 atom stereocenters. The van der Waals surface area contributed by atoms with Gasteiger partial charge in [-0.15, -0.1) is 0 Å². The third-order valence-electron chi connectivity index (χ3n) is 3.25. The molecule has 0 spiro atoms. The van der Waals surface area contributed by atoms with Crippen molar-refractivity contribution < 1.29 is 19.4 Å². The minimum Gasteiger partial charge on any atom is -0.481 e. The lowest BCUT2D eigenvalue weighted by Crippen LogP contribution is -2.25. The van der Waals surface area contributed by atoms with E-state index in [4.69, 9.17) is 9.84 Å². The summed E-state index contributed by atoms with van der Waals surface area (Å²) in [6, 6.07) is 7.75. The van der Waals surface area contributed by atoms with Gasteiger partial charge in [0.1, 0.15) is 0 Å². The van der Waals surface area contributed by atoms with Crippen molar-refractivity contribution in [3.63, 3.8) is 0 Å². The Bertz CT molecular complexity index is 469. The highest BCUT2D eigenvalue weighted by Gasteiger charge is 2.48. The molecule has 1 saturated carbocycles. The van der Waals surface area contributed by atoms with E-state index in [1.54, 1.807) is 7.11 Å². The highest BCUT2D eigenvalue weighted by molar-refractivity contribution is 5.89. The van der Waals surface area contributed by atoms with E-state index >= 15 is 0 Å². The van der Waals surface area contributed by atoms with Crippen molar-refractivity contribution in [3.8, 4) is 0 Å². The molecule has 0 saturated heterocycles. The van der Waals surface area contributed by atoms with E-state index in [0.717, 1.165) is 11.1 Å². The molecule has 0 unspecified atom stereocenters. The van der Waals surface area contributed by atoms with Crippen LogP contribution in [0, 0.1) is 11.8 Å². The first kappa shape index (κ1) is 13.5. The van der Waals surface area contributed by atoms with Crippen LogP contribution in [0.1, 0.15) is 17.5 Å². The number of hydrogen-bond acceptors (Lipinski definition) is 3. The molecule has 0 aromatic heterocycles. The quantitative estimate of drug-likeness (QED) is 0.807. The Morgan fingerprint density at radius 1 is 1.26 bits per heavy atom. The largest absolute Gasteiger partial charge is 0.481 e. The molecule has 1 fully saturated rings. The molecule has 102 valence electrons. The third-order valence-corrected chi connectivity index (χ3v) is 3.25. The lowest BCUT2D eigenvalue weighted by molar-refractivity contribution is -0.140. The van der Waals surface area contributed by atoms with E-state index in [2.05, 4.69) is 5.32 Å². The van der Waals surface area contributed by atoms with Crippen LogP contribution in [0.5, 0.6) is 0 Å². The predicted molar refractivity (Wildman–Crippen MR) is 68.2 cm³/mol. The fourth-order valence-electron chi connectivity index (χ4n) is 2.00. The maximum atomic E-state index is 11.7. The van der Waals surface area contributed by atoms with Crippen molar-refractivity contribution in [2.45, 2.75) is 19.6 Å². The zero-order valence-electron chi connectivity index (χ0n) is 10.8. The van der Waals surface area contributed by atoms with Gasteiger partial charge in [0.2, 0.25) is 5.91 Å². The summed E-state index contributed by atoms with van der Waals surface area (Å²) in [4.78, 5) is 22.3. The Balaban J connectivity index is 1.79. The van der Waals surface area contributed by atoms with Gasteiger partial charge in [-0.25, -0.2) is 0 Å². The number of carboxylic acids is 1. The minimum atomic E-state index is -0.885. The van der Waals surface area contributed by atoms with Gasteiger partial charge < -0.3 is 15.2 Å².